The number of aliphatic hydroxyl groups excluding tert-OH is 1. The second-order valence-electron chi connectivity index (χ2n) is 8.11. The summed E-state index contributed by atoms with van der Waals surface area (Å²) in [5, 5.41) is 13.9. The largest absolute Gasteiger partial charge is 0.391 e. The van der Waals surface area contributed by atoms with E-state index in [1.165, 1.54) is 0 Å². The van der Waals surface area contributed by atoms with Crippen LogP contribution in [-0.4, -0.2) is 54.3 Å². The summed E-state index contributed by atoms with van der Waals surface area (Å²) >= 11 is 6.28. The minimum atomic E-state index is -0.349. The molecule has 8 nitrogen and oxygen atoms in total. The number of imidazole rings is 1. The number of nitrogens with zero attached hydrogens (tertiary/aromatic N) is 6. The van der Waals surface area contributed by atoms with Crippen molar-refractivity contribution >= 4 is 34.5 Å². The number of β-amino-alcohol motifs (C(OH)–C–C–N with tert-alkyl or cyclic N) is 1. The van der Waals surface area contributed by atoms with E-state index in [1.54, 1.807) is 12.5 Å². The molecule has 3 aromatic rings. The Kier molecular flexibility index (Phi) is 4.84. The van der Waals surface area contributed by atoms with Crippen LogP contribution in [0.15, 0.2) is 24.7 Å². The van der Waals surface area contributed by atoms with Gasteiger partial charge in [0.15, 0.2) is 17.0 Å². The van der Waals surface area contributed by atoms with Crippen LogP contribution in [0, 0.1) is 0 Å². The van der Waals surface area contributed by atoms with Crippen LogP contribution < -0.4 is 10.2 Å². The van der Waals surface area contributed by atoms with Crippen LogP contribution in [0.5, 0.6) is 0 Å². The summed E-state index contributed by atoms with van der Waals surface area (Å²) in [5.41, 5.74) is 1.98. The van der Waals surface area contributed by atoms with Gasteiger partial charge < -0.3 is 19.9 Å². The molecule has 0 bridgehead atoms. The molecule has 0 saturated carbocycles. The zero-order chi connectivity index (χ0) is 19.9. The quantitative estimate of drug-likeness (QED) is 0.694. The first-order valence-electron chi connectivity index (χ1n) is 9.33. The molecule has 3 aromatic heterocycles. The Morgan fingerprint density at radius 2 is 2.11 bits per heavy atom. The topological polar surface area (TPSA) is 92.0 Å². The SMILES string of the molecule is CC(C)(C)Nc1nc(N2CC[C@H](O)C2)c2ncn(Cc3ncccc3Cl)c2n1. The van der Waals surface area contributed by atoms with E-state index in [0.717, 1.165) is 24.5 Å². The van der Waals surface area contributed by atoms with Crippen LogP contribution >= 0.6 is 11.6 Å². The van der Waals surface area contributed by atoms with Gasteiger partial charge in [-0.05, 0) is 39.3 Å². The van der Waals surface area contributed by atoms with E-state index in [0.29, 0.717) is 35.2 Å². The molecule has 4 rings (SSSR count). The summed E-state index contributed by atoms with van der Waals surface area (Å²) < 4.78 is 1.93. The minimum absolute atomic E-state index is 0.190. The summed E-state index contributed by atoms with van der Waals surface area (Å²) in [5.74, 6) is 1.27. The van der Waals surface area contributed by atoms with Gasteiger partial charge in [0, 0.05) is 24.8 Å². The molecule has 1 atom stereocenters. The molecule has 9 heteroatoms. The zero-order valence-corrected chi connectivity index (χ0v) is 17.0. The van der Waals surface area contributed by atoms with Crippen LogP contribution in [-0.2, 0) is 6.54 Å². The maximum Gasteiger partial charge on any atom is 0.227 e. The van der Waals surface area contributed by atoms with Gasteiger partial charge in [-0.3, -0.25) is 4.98 Å². The molecule has 0 amide bonds. The van der Waals surface area contributed by atoms with E-state index in [4.69, 9.17) is 21.6 Å². The molecule has 0 aliphatic carbocycles. The standard InChI is InChI=1S/C19H24ClN7O/c1-19(2,3)25-18-23-16(26-8-6-12(28)9-26)15-17(24-18)27(11-22-15)10-14-13(20)5-4-7-21-14/h4-5,7,11-12,28H,6,8-10H2,1-3H3,(H,23,24,25)/t12-/m0/s1. The van der Waals surface area contributed by atoms with Gasteiger partial charge in [-0.15, -0.1) is 0 Å². The van der Waals surface area contributed by atoms with Crippen molar-refractivity contribution in [3.63, 3.8) is 0 Å². The Balaban J connectivity index is 1.79. The number of halogens is 1. The van der Waals surface area contributed by atoms with E-state index in [-0.39, 0.29) is 11.6 Å². The Labute approximate surface area is 168 Å². The Hall–Kier alpha value is -2.45. The summed E-state index contributed by atoms with van der Waals surface area (Å²) in [6.45, 7) is 7.92. The average molecular weight is 402 g/mol. The van der Waals surface area contributed by atoms with Crippen molar-refractivity contribution in [1.29, 1.82) is 0 Å². The maximum absolute atomic E-state index is 9.97. The van der Waals surface area contributed by atoms with E-state index in [2.05, 4.69) is 41.0 Å². The molecule has 1 aliphatic rings. The van der Waals surface area contributed by atoms with Crippen molar-refractivity contribution < 1.29 is 5.11 Å². The third kappa shape index (κ3) is 3.88. The van der Waals surface area contributed by atoms with Crippen LogP contribution in [0.2, 0.25) is 5.02 Å². The fourth-order valence-electron chi connectivity index (χ4n) is 3.29. The molecular formula is C19H24ClN7O. The van der Waals surface area contributed by atoms with Crippen molar-refractivity contribution in [2.75, 3.05) is 23.3 Å². The third-order valence-electron chi connectivity index (χ3n) is 4.55. The predicted molar refractivity (Wildman–Crippen MR) is 110 cm³/mol. The van der Waals surface area contributed by atoms with Gasteiger partial charge in [0.1, 0.15) is 0 Å². The number of aromatic nitrogens is 5. The lowest BCUT2D eigenvalue weighted by atomic mass is 10.1. The lowest BCUT2D eigenvalue weighted by Crippen LogP contribution is -2.29. The first-order valence-corrected chi connectivity index (χ1v) is 9.71. The predicted octanol–water partition coefficient (Wildman–Crippen LogP) is 2.70. The van der Waals surface area contributed by atoms with Crippen molar-refractivity contribution in [2.24, 2.45) is 0 Å². The molecular weight excluding hydrogens is 378 g/mol. The second kappa shape index (κ2) is 7.18. The number of pyridine rings is 1. The van der Waals surface area contributed by atoms with Crippen LogP contribution in [0.4, 0.5) is 11.8 Å². The molecule has 1 fully saturated rings. The number of anilines is 2. The highest BCUT2D eigenvalue weighted by atomic mass is 35.5. The van der Waals surface area contributed by atoms with Gasteiger partial charge in [0.05, 0.1) is 29.7 Å². The fraction of sp³-hybridized carbons (Fsp3) is 0.474. The smallest absolute Gasteiger partial charge is 0.227 e. The van der Waals surface area contributed by atoms with Crippen LogP contribution in [0.3, 0.4) is 0 Å². The van der Waals surface area contributed by atoms with Crippen LogP contribution in [0.25, 0.3) is 11.2 Å². The molecule has 0 aromatic carbocycles. The fourth-order valence-corrected chi connectivity index (χ4v) is 3.47. The van der Waals surface area contributed by atoms with Crippen LogP contribution in [0.1, 0.15) is 32.9 Å². The number of nitrogens with one attached hydrogen (secondary N) is 1. The number of hydrogen-bond acceptors (Lipinski definition) is 7. The number of rotatable bonds is 4. The van der Waals surface area contributed by atoms with Gasteiger partial charge >= 0.3 is 0 Å². The number of hydrogen-bond donors (Lipinski definition) is 2. The highest BCUT2D eigenvalue weighted by Crippen LogP contribution is 2.28. The van der Waals surface area contributed by atoms with Gasteiger partial charge in [0.25, 0.3) is 0 Å². The van der Waals surface area contributed by atoms with E-state index >= 15 is 0 Å². The van der Waals surface area contributed by atoms with E-state index in [9.17, 15) is 5.11 Å². The first kappa shape index (κ1) is 18.9. The van der Waals surface area contributed by atoms with Gasteiger partial charge in [-0.1, -0.05) is 11.6 Å². The molecule has 0 radical (unpaired) electrons. The van der Waals surface area contributed by atoms with Gasteiger partial charge in [-0.2, -0.15) is 9.97 Å². The Morgan fingerprint density at radius 3 is 2.79 bits per heavy atom. The monoisotopic (exact) mass is 401 g/mol. The maximum atomic E-state index is 9.97. The average Bonchev–Trinajstić information content (AvgIpc) is 3.22. The number of fused-ring (bicyclic) bond motifs is 1. The second-order valence-corrected chi connectivity index (χ2v) is 8.52. The van der Waals surface area contributed by atoms with Crippen molar-refractivity contribution in [2.45, 2.75) is 45.4 Å². The lowest BCUT2D eigenvalue weighted by Gasteiger charge is -2.23. The molecule has 148 valence electrons. The van der Waals surface area contributed by atoms with E-state index < -0.39 is 0 Å². The highest BCUT2D eigenvalue weighted by Gasteiger charge is 2.26. The summed E-state index contributed by atoms with van der Waals surface area (Å²) in [4.78, 5) is 20.4. The lowest BCUT2D eigenvalue weighted by molar-refractivity contribution is 0.198. The van der Waals surface area contributed by atoms with Crippen molar-refractivity contribution in [3.05, 3.63) is 35.4 Å². The molecule has 1 saturated heterocycles. The number of aliphatic hydroxyl groups is 1. The molecule has 4 heterocycles. The molecule has 0 spiro atoms. The van der Waals surface area contributed by atoms with E-state index in [1.807, 2.05) is 16.7 Å². The van der Waals surface area contributed by atoms with Crippen molar-refractivity contribution in [3.8, 4) is 0 Å². The Bertz CT molecular complexity index is 998. The van der Waals surface area contributed by atoms with Crippen molar-refractivity contribution in [1.82, 2.24) is 24.5 Å². The third-order valence-corrected chi connectivity index (χ3v) is 4.89. The molecule has 1 aliphatic heterocycles. The minimum Gasteiger partial charge on any atom is -0.391 e. The summed E-state index contributed by atoms with van der Waals surface area (Å²) in [6.07, 6.45) is 3.83. The van der Waals surface area contributed by atoms with Gasteiger partial charge in [-0.25, -0.2) is 4.98 Å². The highest BCUT2D eigenvalue weighted by molar-refractivity contribution is 6.31. The zero-order valence-electron chi connectivity index (χ0n) is 16.2. The first-order chi connectivity index (χ1) is 13.3. The molecule has 28 heavy (non-hydrogen) atoms. The molecule has 0 unspecified atom stereocenters. The molecule has 2 N–H and O–H groups in total. The summed E-state index contributed by atoms with van der Waals surface area (Å²) in [6, 6.07) is 3.63. The normalized spacial score (nSPS) is 17.5. The van der Waals surface area contributed by atoms with Gasteiger partial charge in [0.2, 0.25) is 5.95 Å². The Morgan fingerprint density at radius 1 is 1.29 bits per heavy atom. The summed E-state index contributed by atoms with van der Waals surface area (Å²) in [7, 11) is 0.